The molecule has 0 aliphatic rings. The normalized spacial score (nSPS) is 10.6. The molecule has 0 atom stereocenters. The van der Waals surface area contributed by atoms with E-state index in [1.165, 1.54) is 13.2 Å². The van der Waals surface area contributed by atoms with Gasteiger partial charge in [0, 0.05) is 5.56 Å². The molecule has 3 rings (SSSR count). The van der Waals surface area contributed by atoms with E-state index in [0.29, 0.717) is 23.5 Å². The Labute approximate surface area is 164 Å². The van der Waals surface area contributed by atoms with Crippen LogP contribution >= 0.6 is 0 Å². The molecule has 0 saturated heterocycles. The van der Waals surface area contributed by atoms with Crippen molar-refractivity contribution in [3.8, 4) is 5.75 Å². The molecule has 0 heterocycles. The van der Waals surface area contributed by atoms with Gasteiger partial charge in [0.1, 0.15) is 12.4 Å². The van der Waals surface area contributed by atoms with Crippen molar-refractivity contribution in [1.82, 2.24) is 0 Å². The summed E-state index contributed by atoms with van der Waals surface area (Å²) >= 11 is 0. The van der Waals surface area contributed by atoms with Gasteiger partial charge in [-0.3, -0.25) is 4.79 Å². The fraction of sp³-hybridized carbons (Fsp3) is 0.0833. The SMILES string of the molecule is COC(=O)c1cccc(/C=C/C(=O)c2cccc(OCc3ccccc3)c2)c1. The van der Waals surface area contributed by atoms with Crippen molar-refractivity contribution in [3.05, 3.63) is 107 Å². The van der Waals surface area contributed by atoms with Gasteiger partial charge in [-0.05, 0) is 41.5 Å². The Bertz CT molecular complexity index is 990. The van der Waals surface area contributed by atoms with Crippen LogP contribution in [0.15, 0.2) is 84.9 Å². The summed E-state index contributed by atoms with van der Waals surface area (Å²) in [6, 6.07) is 23.8. The summed E-state index contributed by atoms with van der Waals surface area (Å²) in [6.07, 6.45) is 3.15. The van der Waals surface area contributed by atoms with Crippen molar-refractivity contribution in [1.29, 1.82) is 0 Å². The first-order valence-corrected chi connectivity index (χ1v) is 8.83. The molecule has 3 aromatic carbocycles. The van der Waals surface area contributed by atoms with E-state index in [0.717, 1.165) is 11.1 Å². The van der Waals surface area contributed by atoms with Crippen molar-refractivity contribution >= 4 is 17.8 Å². The average molecular weight is 372 g/mol. The van der Waals surface area contributed by atoms with Gasteiger partial charge in [-0.1, -0.05) is 60.7 Å². The molecule has 0 radical (unpaired) electrons. The molecule has 0 spiro atoms. The summed E-state index contributed by atoms with van der Waals surface area (Å²) in [7, 11) is 1.33. The third-order valence-corrected chi connectivity index (χ3v) is 4.10. The number of benzene rings is 3. The molecule has 0 unspecified atom stereocenters. The summed E-state index contributed by atoms with van der Waals surface area (Å²) in [5.74, 6) is 0.0780. The molecule has 0 bridgehead atoms. The van der Waals surface area contributed by atoms with Gasteiger partial charge in [0.15, 0.2) is 5.78 Å². The average Bonchev–Trinajstić information content (AvgIpc) is 2.76. The van der Waals surface area contributed by atoms with Crippen molar-refractivity contribution in [2.24, 2.45) is 0 Å². The maximum Gasteiger partial charge on any atom is 0.337 e. The predicted molar refractivity (Wildman–Crippen MR) is 108 cm³/mol. The minimum Gasteiger partial charge on any atom is -0.489 e. The summed E-state index contributed by atoms with van der Waals surface area (Å²) < 4.78 is 10.5. The van der Waals surface area contributed by atoms with Crippen LogP contribution in [-0.4, -0.2) is 18.9 Å². The fourth-order valence-electron chi connectivity index (χ4n) is 2.64. The van der Waals surface area contributed by atoms with Crippen LogP contribution < -0.4 is 4.74 Å². The summed E-state index contributed by atoms with van der Waals surface area (Å²) in [4.78, 5) is 24.1. The Morgan fingerprint density at radius 1 is 0.857 bits per heavy atom. The van der Waals surface area contributed by atoms with E-state index in [1.54, 1.807) is 42.5 Å². The quantitative estimate of drug-likeness (QED) is 0.335. The molecule has 0 fully saturated rings. The molecule has 140 valence electrons. The van der Waals surface area contributed by atoms with Crippen LogP contribution in [0.1, 0.15) is 31.8 Å². The third-order valence-electron chi connectivity index (χ3n) is 4.10. The zero-order valence-electron chi connectivity index (χ0n) is 15.5. The highest BCUT2D eigenvalue weighted by molar-refractivity contribution is 6.07. The summed E-state index contributed by atoms with van der Waals surface area (Å²) in [6.45, 7) is 0.439. The lowest BCUT2D eigenvalue weighted by molar-refractivity contribution is 0.0600. The number of rotatable bonds is 7. The van der Waals surface area contributed by atoms with Crippen molar-refractivity contribution in [2.75, 3.05) is 7.11 Å². The molecule has 0 aromatic heterocycles. The van der Waals surface area contributed by atoms with Crippen LogP contribution in [-0.2, 0) is 11.3 Å². The summed E-state index contributed by atoms with van der Waals surface area (Å²) in [5.41, 5.74) is 2.77. The molecule has 3 aromatic rings. The second-order valence-corrected chi connectivity index (χ2v) is 6.12. The standard InChI is InChI=1S/C24H20O4/c1-27-24(26)21-11-5-9-18(15-21)13-14-23(25)20-10-6-12-22(16-20)28-17-19-7-3-2-4-8-19/h2-16H,17H2,1H3/b14-13+. The minimum atomic E-state index is -0.412. The highest BCUT2D eigenvalue weighted by atomic mass is 16.5. The van der Waals surface area contributed by atoms with Crippen LogP contribution in [0.5, 0.6) is 5.75 Å². The second kappa shape index (κ2) is 9.33. The molecule has 0 saturated carbocycles. The molecule has 4 nitrogen and oxygen atoms in total. The molecule has 0 N–H and O–H groups in total. The lowest BCUT2D eigenvalue weighted by Gasteiger charge is -2.07. The fourth-order valence-corrected chi connectivity index (χ4v) is 2.64. The van der Waals surface area contributed by atoms with Gasteiger partial charge in [0.25, 0.3) is 0 Å². The first-order valence-electron chi connectivity index (χ1n) is 8.83. The van der Waals surface area contributed by atoms with Gasteiger partial charge in [0.2, 0.25) is 0 Å². The van der Waals surface area contributed by atoms with Crippen LogP contribution in [0.25, 0.3) is 6.08 Å². The van der Waals surface area contributed by atoms with Crippen molar-refractivity contribution in [3.63, 3.8) is 0 Å². The highest BCUT2D eigenvalue weighted by Gasteiger charge is 2.06. The van der Waals surface area contributed by atoms with E-state index >= 15 is 0 Å². The lowest BCUT2D eigenvalue weighted by atomic mass is 10.1. The number of hydrogen-bond donors (Lipinski definition) is 0. The molecular weight excluding hydrogens is 352 g/mol. The molecule has 4 heteroatoms. The zero-order chi connectivity index (χ0) is 19.8. The number of esters is 1. The van der Waals surface area contributed by atoms with Crippen LogP contribution in [0, 0.1) is 0 Å². The Kier molecular flexibility index (Phi) is 6.37. The van der Waals surface area contributed by atoms with E-state index < -0.39 is 5.97 Å². The smallest absolute Gasteiger partial charge is 0.337 e. The number of carbonyl (C=O) groups excluding carboxylic acids is 2. The third kappa shape index (κ3) is 5.17. The van der Waals surface area contributed by atoms with Crippen LogP contribution in [0.3, 0.4) is 0 Å². The highest BCUT2D eigenvalue weighted by Crippen LogP contribution is 2.17. The molecule has 0 amide bonds. The second-order valence-electron chi connectivity index (χ2n) is 6.12. The Morgan fingerprint density at radius 2 is 1.61 bits per heavy atom. The zero-order valence-corrected chi connectivity index (χ0v) is 15.5. The Hall–Kier alpha value is -3.66. The van der Waals surface area contributed by atoms with Crippen LogP contribution in [0.4, 0.5) is 0 Å². The number of allylic oxidation sites excluding steroid dienone is 1. The number of carbonyl (C=O) groups is 2. The number of methoxy groups -OCH3 is 1. The van der Waals surface area contributed by atoms with Crippen molar-refractivity contribution < 1.29 is 19.1 Å². The first kappa shape index (κ1) is 19.1. The van der Waals surface area contributed by atoms with Gasteiger partial charge in [0.05, 0.1) is 12.7 Å². The molecular formula is C24H20O4. The number of hydrogen-bond acceptors (Lipinski definition) is 4. The predicted octanol–water partition coefficient (Wildman–Crippen LogP) is 4.95. The molecule has 0 aliphatic carbocycles. The van der Waals surface area contributed by atoms with Crippen LogP contribution in [0.2, 0.25) is 0 Å². The Morgan fingerprint density at radius 3 is 2.39 bits per heavy atom. The minimum absolute atomic E-state index is 0.145. The molecule has 0 aliphatic heterocycles. The van der Waals surface area contributed by atoms with Gasteiger partial charge in [-0.2, -0.15) is 0 Å². The maximum atomic E-state index is 12.5. The van der Waals surface area contributed by atoms with E-state index in [4.69, 9.17) is 9.47 Å². The van der Waals surface area contributed by atoms with Gasteiger partial charge in [-0.15, -0.1) is 0 Å². The van der Waals surface area contributed by atoms with E-state index in [2.05, 4.69) is 0 Å². The van der Waals surface area contributed by atoms with Crippen molar-refractivity contribution in [2.45, 2.75) is 6.61 Å². The topological polar surface area (TPSA) is 52.6 Å². The van der Waals surface area contributed by atoms with E-state index in [9.17, 15) is 9.59 Å². The number of ketones is 1. The number of ether oxygens (including phenoxy) is 2. The Balaban J connectivity index is 1.67. The lowest BCUT2D eigenvalue weighted by Crippen LogP contribution is -2.01. The monoisotopic (exact) mass is 372 g/mol. The largest absolute Gasteiger partial charge is 0.489 e. The molecule has 28 heavy (non-hydrogen) atoms. The van der Waals surface area contributed by atoms with Gasteiger partial charge < -0.3 is 9.47 Å². The summed E-state index contributed by atoms with van der Waals surface area (Å²) in [5, 5.41) is 0. The van der Waals surface area contributed by atoms with Gasteiger partial charge >= 0.3 is 5.97 Å². The van der Waals surface area contributed by atoms with E-state index in [1.807, 2.05) is 42.5 Å². The first-order chi connectivity index (χ1) is 13.7. The maximum absolute atomic E-state index is 12.5. The van der Waals surface area contributed by atoms with Gasteiger partial charge in [-0.25, -0.2) is 4.79 Å². The van der Waals surface area contributed by atoms with E-state index in [-0.39, 0.29) is 5.78 Å².